The van der Waals surface area contributed by atoms with E-state index in [0.29, 0.717) is 0 Å². The summed E-state index contributed by atoms with van der Waals surface area (Å²) in [4.78, 5) is 0. The second kappa shape index (κ2) is 16.3. The summed E-state index contributed by atoms with van der Waals surface area (Å²) in [6.07, 6.45) is 0. The van der Waals surface area contributed by atoms with Gasteiger partial charge in [0.1, 0.15) is 0 Å². The van der Waals surface area contributed by atoms with E-state index in [0.717, 1.165) is 17.1 Å². The topological polar surface area (TPSA) is 24.1 Å². The standard InChI is InChI=1S/C12H11N.C8H10.C7H9N.C2H6/c1-3-7-11(8-4-1)13-12-9-5-2-6-10-12;1-7-5-3-4-6-8(7)2;1-8-7-5-3-2-4-6-7;1-2/h1-10,13H;3-6H,1-2H3;2-6,8H,1H3;1-2H3. The maximum Gasteiger partial charge on any atom is 0.0384 e. The molecule has 0 aliphatic rings. The Morgan fingerprint density at radius 1 is 0.419 bits per heavy atom. The second-order valence-electron chi connectivity index (χ2n) is 6.56. The molecule has 2 heteroatoms. The number of hydrogen-bond acceptors (Lipinski definition) is 2. The number of hydrogen-bond donors (Lipinski definition) is 2. The van der Waals surface area contributed by atoms with Gasteiger partial charge in [0.15, 0.2) is 0 Å². The summed E-state index contributed by atoms with van der Waals surface area (Å²) in [6, 6.07) is 38.7. The number of nitrogens with one attached hydrogen (secondary N) is 2. The van der Waals surface area contributed by atoms with Crippen molar-refractivity contribution in [2.75, 3.05) is 17.7 Å². The Kier molecular flexibility index (Phi) is 13.4. The van der Waals surface area contributed by atoms with E-state index >= 15 is 0 Å². The Morgan fingerprint density at radius 3 is 0.968 bits per heavy atom. The lowest BCUT2D eigenvalue weighted by Gasteiger charge is -2.04. The highest BCUT2D eigenvalue weighted by Crippen LogP contribution is 2.14. The molecule has 31 heavy (non-hydrogen) atoms. The second-order valence-corrected chi connectivity index (χ2v) is 6.56. The van der Waals surface area contributed by atoms with Crippen LogP contribution in [-0.4, -0.2) is 7.05 Å². The van der Waals surface area contributed by atoms with E-state index in [1.807, 2.05) is 112 Å². The third kappa shape index (κ3) is 11.3. The average molecular weight is 413 g/mol. The molecule has 0 unspecified atom stereocenters. The van der Waals surface area contributed by atoms with Crippen LogP contribution >= 0.6 is 0 Å². The zero-order chi connectivity index (χ0) is 22.7. The Labute approximate surface area is 189 Å². The molecule has 0 aliphatic carbocycles. The molecule has 2 N–H and O–H groups in total. The van der Waals surface area contributed by atoms with Crippen LogP contribution in [0.4, 0.5) is 17.1 Å². The van der Waals surface area contributed by atoms with Crippen molar-refractivity contribution in [3.05, 3.63) is 126 Å². The minimum absolute atomic E-state index is 1.12. The molecule has 162 valence electrons. The monoisotopic (exact) mass is 412 g/mol. The molecule has 0 aromatic heterocycles. The quantitative estimate of drug-likeness (QED) is 0.352. The predicted octanol–water partition coefficient (Wildman–Crippen LogP) is 8.49. The highest BCUT2D eigenvalue weighted by atomic mass is 14.9. The van der Waals surface area contributed by atoms with Gasteiger partial charge in [-0.1, -0.05) is 92.7 Å². The van der Waals surface area contributed by atoms with Crippen molar-refractivity contribution in [1.82, 2.24) is 0 Å². The van der Waals surface area contributed by atoms with E-state index in [-0.39, 0.29) is 0 Å². The first-order chi connectivity index (χ1) is 15.2. The van der Waals surface area contributed by atoms with Crippen LogP contribution in [0.1, 0.15) is 25.0 Å². The minimum atomic E-state index is 1.12. The summed E-state index contributed by atoms with van der Waals surface area (Å²) in [7, 11) is 1.91. The van der Waals surface area contributed by atoms with Gasteiger partial charge in [-0.25, -0.2) is 0 Å². The van der Waals surface area contributed by atoms with Crippen LogP contribution in [0.2, 0.25) is 0 Å². The van der Waals surface area contributed by atoms with Crippen LogP contribution < -0.4 is 10.6 Å². The fraction of sp³-hybridized carbons (Fsp3) is 0.172. The third-order valence-corrected chi connectivity index (χ3v) is 4.32. The molecular weight excluding hydrogens is 376 g/mol. The molecule has 4 aromatic carbocycles. The van der Waals surface area contributed by atoms with E-state index in [9.17, 15) is 0 Å². The van der Waals surface area contributed by atoms with Crippen LogP contribution in [0.15, 0.2) is 115 Å². The summed E-state index contributed by atoms with van der Waals surface area (Å²) in [6.45, 7) is 8.24. The smallest absolute Gasteiger partial charge is 0.0384 e. The third-order valence-electron chi connectivity index (χ3n) is 4.32. The van der Waals surface area contributed by atoms with Crippen molar-refractivity contribution >= 4 is 17.1 Å². The van der Waals surface area contributed by atoms with E-state index in [4.69, 9.17) is 0 Å². The van der Waals surface area contributed by atoms with E-state index in [1.165, 1.54) is 11.1 Å². The van der Waals surface area contributed by atoms with Crippen molar-refractivity contribution in [3.63, 3.8) is 0 Å². The fourth-order valence-corrected chi connectivity index (χ4v) is 2.48. The molecule has 0 bridgehead atoms. The highest BCUT2D eigenvalue weighted by molar-refractivity contribution is 5.58. The Bertz CT molecular complexity index is 862. The summed E-state index contributed by atoms with van der Waals surface area (Å²) < 4.78 is 0. The van der Waals surface area contributed by atoms with E-state index < -0.39 is 0 Å². The molecule has 2 nitrogen and oxygen atoms in total. The number of rotatable bonds is 3. The van der Waals surface area contributed by atoms with Gasteiger partial charge in [-0.3, -0.25) is 0 Å². The molecule has 0 saturated heterocycles. The van der Waals surface area contributed by atoms with Crippen molar-refractivity contribution in [3.8, 4) is 0 Å². The predicted molar refractivity (Wildman–Crippen MR) is 139 cm³/mol. The zero-order valence-corrected chi connectivity index (χ0v) is 19.5. The maximum absolute atomic E-state index is 3.30. The van der Waals surface area contributed by atoms with Gasteiger partial charge in [0, 0.05) is 24.1 Å². The van der Waals surface area contributed by atoms with Gasteiger partial charge in [0.25, 0.3) is 0 Å². The van der Waals surface area contributed by atoms with E-state index in [2.05, 4.69) is 48.7 Å². The number of anilines is 3. The first kappa shape index (κ1) is 25.5. The Hall–Kier alpha value is -3.52. The fourth-order valence-electron chi connectivity index (χ4n) is 2.48. The summed E-state index contributed by atoms with van der Waals surface area (Å²) in [5, 5.41) is 6.33. The largest absolute Gasteiger partial charge is 0.388 e. The molecule has 0 aliphatic heterocycles. The van der Waals surface area contributed by atoms with Crippen LogP contribution in [-0.2, 0) is 0 Å². The van der Waals surface area contributed by atoms with Crippen molar-refractivity contribution < 1.29 is 0 Å². The van der Waals surface area contributed by atoms with Crippen molar-refractivity contribution in [2.45, 2.75) is 27.7 Å². The molecule has 0 spiro atoms. The molecule has 0 saturated carbocycles. The highest BCUT2D eigenvalue weighted by Gasteiger charge is 1.90. The lowest BCUT2D eigenvalue weighted by atomic mass is 10.1. The minimum Gasteiger partial charge on any atom is -0.388 e. The molecular formula is C29H36N2. The molecule has 0 amide bonds. The van der Waals surface area contributed by atoms with Crippen LogP contribution in [0, 0.1) is 13.8 Å². The summed E-state index contributed by atoms with van der Waals surface area (Å²) >= 11 is 0. The molecule has 0 heterocycles. The Morgan fingerprint density at radius 2 is 0.710 bits per heavy atom. The summed E-state index contributed by atoms with van der Waals surface area (Å²) in [5.74, 6) is 0. The van der Waals surface area contributed by atoms with Gasteiger partial charge >= 0.3 is 0 Å². The first-order valence-electron chi connectivity index (χ1n) is 10.8. The number of para-hydroxylation sites is 3. The normalized spacial score (nSPS) is 8.81. The lowest BCUT2D eigenvalue weighted by molar-refractivity contribution is 1.34. The van der Waals surface area contributed by atoms with Crippen LogP contribution in [0.25, 0.3) is 0 Å². The van der Waals surface area contributed by atoms with Gasteiger partial charge in [-0.2, -0.15) is 0 Å². The first-order valence-corrected chi connectivity index (χ1v) is 10.8. The molecule has 0 radical (unpaired) electrons. The number of benzene rings is 4. The van der Waals surface area contributed by atoms with E-state index in [1.54, 1.807) is 0 Å². The lowest BCUT2D eigenvalue weighted by Crippen LogP contribution is -1.87. The SMILES string of the molecule is CC.CNc1ccccc1.Cc1ccccc1C.c1ccc(Nc2ccccc2)cc1. The molecule has 4 aromatic rings. The van der Waals surface area contributed by atoms with Crippen molar-refractivity contribution in [1.29, 1.82) is 0 Å². The average Bonchev–Trinajstić information content (AvgIpc) is 2.85. The van der Waals surface area contributed by atoms with Gasteiger partial charge in [-0.05, 0) is 61.4 Å². The maximum atomic E-state index is 3.30. The van der Waals surface area contributed by atoms with Crippen LogP contribution in [0.3, 0.4) is 0 Å². The molecule has 4 rings (SSSR count). The number of aryl methyl sites for hydroxylation is 2. The van der Waals surface area contributed by atoms with Crippen molar-refractivity contribution in [2.24, 2.45) is 0 Å². The Balaban J connectivity index is 0.000000234. The van der Waals surface area contributed by atoms with Gasteiger partial charge < -0.3 is 10.6 Å². The molecule has 0 atom stereocenters. The van der Waals surface area contributed by atoms with Gasteiger partial charge in [0.05, 0.1) is 0 Å². The zero-order valence-electron chi connectivity index (χ0n) is 19.5. The van der Waals surface area contributed by atoms with Crippen LogP contribution in [0.5, 0.6) is 0 Å². The summed E-state index contributed by atoms with van der Waals surface area (Å²) in [5.41, 5.74) is 6.13. The van der Waals surface area contributed by atoms with Gasteiger partial charge in [0.2, 0.25) is 0 Å². The van der Waals surface area contributed by atoms with Gasteiger partial charge in [-0.15, -0.1) is 0 Å². The molecule has 0 fully saturated rings.